The second kappa shape index (κ2) is 27.1. The Bertz CT molecular complexity index is 2530. The number of aromatic nitrogens is 2. The lowest BCUT2D eigenvalue weighted by atomic mass is 9.81. The van der Waals surface area contributed by atoms with Gasteiger partial charge in [-0.2, -0.15) is 5.10 Å². The van der Waals surface area contributed by atoms with Crippen LogP contribution in [0.4, 0.5) is 8.78 Å². The molecule has 0 spiro atoms. The standard InChI is InChI=1S/C52H70F2N10O10/c1-31(2)45(59-42(67)16-12-9-13-25-63-43(68)21-22-44(63)69)49(71)58-32(3)50(72)62(39(51(73)74)19-20-41(56)66)27-24-57-48(70)38(55)23-26-61(33(4)65)47(52(5,6)7)46-35(28-34-14-10-8-11-15-34)30-64(60-46)40-29-36(53)17-18-37(40)54/h8,10-11,14-15,17-18,21-22,29-32,38-39,45,47H,9,12-13,16,19-20,23-28,55H2,1-7H3,(H2,56,66)(H,57,70)(H,58,71)(H,59,67)(H,73,74)/t32-,38-,39-,45-,47-/m0/s1. The Labute approximate surface area is 429 Å². The monoisotopic (exact) mass is 1030 g/mol. The molecule has 22 heteroatoms. The molecule has 8 amide bonds. The Morgan fingerprint density at radius 2 is 1.50 bits per heavy atom. The molecule has 0 saturated carbocycles. The average Bonchev–Trinajstić information content (AvgIpc) is 3.88. The summed E-state index contributed by atoms with van der Waals surface area (Å²) in [6.07, 6.45) is 4.85. The number of nitrogens with two attached hydrogens (primary N) is 2. The van der Waals surface area contributed by atoms with Gasteiger partial charge in [-0.3, -0.25) is 43.3 Å². The fraction of sp³-hybridized carbons (Fsp3) is 0.500. The molecule has 1 aliphatic heterocycles. The minimum absolute atomic E-state index is 0.0334. The molecule has 0 radical (unpaired) electrons. The Morgan fingerprint density at radius 1 is 0.838 bits per heavy atom. The fourth-order valence-electron chi connectivity index (χ4n) is 8.61. The highest BCUT2D eigenvalue weighted by molar-refractivity contribution is 6.12. The van der Waals surface area contributed by atoms with Crippen molar-refractivity contribution >= 4 is 53.2 Å². The smallest absolute Gasteiger partial charge is 0.326 e. The molecule has 74 heavy (non-hydrogen) atoms. The number of nitrogens with zero attached hydrogens (tertiary/aromatic N) is 5. The van der Waals surface area contributed by atoms with Crippen LogP contribution in [0, 0.1) is 23.0 Å². The van der Waals surface area contributed by atoms with Crippen LogP contribution in [0.5, 0.6) is 0 Å². The molecule has 1 aromatic heterocycles. The van der Waals surface area contributed by atoms with Crippen molar-refractivity contribution in [2.45, 2.75) is 130 Å². The van der Waals surface area contributed by atoms with E-state index >= 15 is 4.39 Å². The zero-order chi connectivity index (χ0) is 55.0. The molecule has 3 aromatic rings. The van der Waals surface area contributed by atoms with E-state index in [9.17, 15) is 52.6 Å². The van der Waals surface area contributed by atoms with Crippen molar-refractivity contribution in [1.82, 2.24) is 40.4 Å². The molecule has 0 bridgehead atoms. The number of carboxylic acid groups (broad SMARTS) is 1. The van der Waals surface area contributed by atoms with Crippen molar-refractivity contribution < 1.29 is 57.0 Å². The third-order valence-electron chi connectivity index (χ3n) is 12.5. The molecule has 1 aliphatic rings. The van der Waals surface area contributed by atoms with Crippen LogP contribution < -0.4 is 27.4 Å². The Hall–Kier alpha value is -7.36. The summed E-state index contributed by atoms with van der Waals surface area (Å²) in [7, 11) is 0. The normalized spacial score (nSPS) is 14.5. The third-order valence-corrected chi connectivity index (χ3v) is 12.5. The lowest BCUT2D eigenvalue weighted by molar-refractivity contribution is -0.152. The van der Waals surface area contributed by atoms with Crippen LogP contribution in [0.25, 0.3) is 5.69 Å². The molecular weight excluding hydrogens is 963 g/mol. The van der Waals surface area contributed by atoms with Gasteiger partial charge in [-0.05, 0) is 61.6 Å². The van der Waals surface area contributed by atoms with Gasteiger partial charge in [0, 0.05) is 82.3 Å². The van der Waals surface area contributed by atoms with Crippen molar-refractivity contribution in [3.8, 4) is 5.69 Å². The second-order valence-electron chi connectivity index (χ2n) is 19.8. The number of halogens is 2. The van der Waals surface area contributed by atoms with Gasteiger partial charge in [0.2, 0.25) is 35.4 Å². The first-order valence-electron chi connectivity index (χ1n) is 24.6. The molecule has 5 atom stereocenters. The average molecular weight is 1030 g/mol. The molecule has 20 nitrogen and oxygen atoms in total. The van der Waals surface area contributed by atoms with Gasteiger partial charge in [-0.1, -0.05) is 71.4 Å². The highest BCUT2D eigenvalue weighted by Crippen LogP contribution is 2.40. The Morgan fingerprint density at radius 3 is 2.09 bits per heavy atom. The number of unbranched alkanes of at least 4 members (excludes halogenated alkanes) is 2. The number of hydrogen-bond acceptors (Lipinski definition) is 11. The highest BCUT2D eigenvalue weighted by atomic mass is 19.1. The first kappa shape index (κ1) is 59.2. The largest absolute Gasteiger partial charge is 0.480 e. The molecule has 0 fully saturated rings. The van der Waals surface area contributed by atoms with Crippen LogP contribution in [-0.2, 0) is 49.6 Å². The van der Waals surface area contributed by atoms with Crippen molar-refractivity contribution in [1.29, 1.82) is 0 Å². The van der Waals surface area contributed by atoms with E-state index in [0.717, 1.165) is 33.6 Å². The number of amides is 8. The van der Waals surface area contributed by atoms with Crippen molar-refractivity contribution in [2.24, 2.45) is 22.8 Å². The number of carboxylic acids is 1. The quantitative estimate of drug-likeness (QED) is 0.0452. The molecule has 0 unspecified atom stereocenters. The maximum atomic E-state index is 15.1. The summed E-state index contributed by atoms with van der Waals surface area (Å²) in [6.45, 7) is 11.1. The van der Waals surface area contributed by atoms with E-state index in [1.165, 1.54) is 35.6 Å². The fourth-order valence-corrected chi connectivity index (χ4v) is 8.61. The van der Waals surface area contributed by atoms with E-state index < -0.39 is 120 Å². The molecule has 8 N–H and O–H groups in total. The summed E-state index contributed by atoms with van der Waals surface area (Å²) < 4.78 is 30.8. The van der Waals surface area contributed by atoms with Gasteiger partial charge in [0.25, 0.3) is 11.8 Å². The molecule has 402 valence electrons. The Kier molecular flexibility index (Phi) is 21.7. The van der Waals surface area contributed by atoms with Crippen LogP contribution in [0.2, 0.25) is 0 Å². The summed E-state index contributed by atoms with van der Waals surface area (Å²) in [4.78, 5) is 119. The predicted molar refractivity (Wildman–Crippen MR) is 268 cm³/mol. The highest BCUT2D eigenvalue weighted by Gasteiger charge is 2.39. The van der Waals surface area contributed by atoms with E-state index in [1.54, 1.807) is 20.0 Å². The van der Waals surface area contributed by atoms with Gasteiger partial charge >= 0.3 is 5.97 Å². The number of rotatable bonds is 28. The second-order valence-corrected chi connectivity index (χ2v) is 19.8. The summed E-state index contributed by atoms with van der Waals surface area (Å²) in [5.74, 6) is -8.12. The minimum Gasteiger partial charge on any atom is -0.480 e. The number of primary amides is 1. The van der Waals surface area contributed by atoms with Crippen molar-refractivity contribution in [3.63, 3.8) is 0 Å². The summed E-state index contributed by atoms with van der Waals surface area (Å²) in [5.41, 5.74) is 12.8. The predicted octanol–water partition coefficient (Wildman–Crippen LogP) is 3.19. The third kappa shape index (κ3) is 16.9. The number of nitrogens with one attached hydrogen (secondary N) is 3. The molecule has 4 rings (SSSR count). The topological polar surface area (TPSA) is 290 Å². The van der Waals surface area contributed by atoms with E-state index in [-0.39, 0.29) is 44.1 Å². The first-order valence-corrected chi connectivity index (χ1v) is 24.6. The van der Waals surface area contributed by atoms with E-state index in [2.05, 4.69) is 16.0 Å². The number of imide groups is 1. The minimum atomic E-state index is -1.62. The maximum absolute atomic E-state index is 15.1. The molecule has 0 aliphatic carbocycles. The van der Waals surface area contributed by atoms with Crippen LogP contribution in [0.1, 0.15) is 116 Å². The van der Waals surface area contributed by atoms with Gasteiger partial charge in [-0.15, -0.1) is 0 Å². The van der Waals surface area contributed by atoms with Crippen LogP contribution in [0.3, 0.4) is 0 Å². The number of aliphatic carboxylic acids is 1. The summed E-state index contributed by atoms with van der Waals surface area (Å²) in [6, 6.07) is 6.31. The first-order chi connectivity index (χ1) is 34.8. The lowest BCUT2D eigenvalue weighted by Crippen LogP contribution is -2.58. The zero-order valence-corrected chi connectivity index (χ0v) is 43.1. The number of carbonyl (C=O) groups is 9. The zero-order valence-electron chi connectivity index (χ0n) is 43.1. The van der Waals surface area contributed by atoms with E-state index in [1.807, 2.05) is 51.1 Å². The number of hydrogen-bond donors (Lipinski definition) is 6. The molecule has 0 saturated heterocycles. The van der Waals surface area contributed by atoms with E-state index in [4.69, 9.17) is 16.6 Å². The van der Waals surface area contributed by atoms with Gasteiger partial charge < -0.3 is 42.3 Å². The van der Waals surface area contributed by atoms with Gasteiger partial charge in [0.05, 0.1) is 17.8 Å². The van der Waals surface area contributed by atoms with Crippen LogP contribution in [-0.4, -0.2) is 133 Å². The van der Waals surface area contributed by atoms with Crippen molar-refractivity contribution in [2.75, 3.05) is 26.2 Å². The molecule has 2 aromatic carbocycles. The number of carbonyl (C=O) groups excluding carboxylic acids is 8. The van der Waals surface area contributed by atoms with Gasteiger partial charge in [-0.25, -0.2) is 18.3 Å². The van der Waals surface area contributed by atoms with Gasteiger partial charge in [0.1, 0.15) is 35.4 Å². The number of benzene rings is 2. The molecular formula is C52H70F2N10O10. The van der Waals surface area contributed by atoms with Crippen molar-refractivity contribution in [3.05, 3.63) is 95.3 Å². The van der Waals surface area contributed by atoms with Crippen LogP contribution in [0.15, 0.2) is 66.9 Å². The van der Waals surface area contributed by atoms with Gasteiger partial charge in [0.15, 0.2) is 0 Å². The van der Waals surface area contributed by atoms with E-state index in [0.29, 0.717) is 36.9 Å². The Balaban J connectivity index is 1.45. The molecule has 2 heterocycles. The summed E-state index contributed by atoms with van der Waals surface area (Å²) >= 11 is 0. The maximum Gasteiger partial charge on any atom is 0.326 e. The lowest BCUT2D eigenvalue weighted by Gasteiger charge is -2.40. The SMILES string of the molecule is CC(=O)N(CC[C@H](N)C(=O)NCCN(C(=O)[C@H](C)NC(=O)[C@@H](NC(=O)CCCCCN1C(=O)C=CC1=O)C(C)C)[C@@H](CCC(N)=O)C(=O)O)[C@@H](c1nn(-c2cc(F)ccc2F)cc1Cc1ccccc1)C(C)(C)C. The summed E-state index contributed by atoms with van der Waals surface area (Å²) in [5, 5.41) is 22.9. The van der Waals surface area contributed by atoms with Crippen LogP contribution >= 0.6 is 0 Å².